The fraction of sp³-hybridized carbons (Fsp3) is 0.838. The number of rotatable bonds is 11. The molecule has 12 atom stereocenters. The summed E-state index contributed by atoms with van der Waals surface area (Å²) in [6.45, 7) is 13.9. The maximum atomic E-state index is 12.9. The largest absolute Gasteiger partial charge is 0.697 e. The van der Waals surface area contributed by atoms with Crippen LogP contribution in [0.25, 0.3) is 0 Å². The Labute approximate surface area is 281 Å². The standard InChI is InChI=1S/C37H57N2O7P/c1-22(2)8-7-9-23(3)28-12-13-29-27-11-10-25-18-26(14-16-36(25,5)30(27)15-17-37(28,29)6)46-47(43)44-21-32-31(40)19-33(45-32)39-20-24(4)34(41)38-35(39)42/h10,20,22-23,26-33,40H,7-9,11-19,21H2,1-6H3/p+1/t23-,26+,27+,28-,29+,30+,31+,32-,33-,36+,37-/m1/s1. The molecule has 5 aliphatic rings. The lowest BCUT2D eigenvalue weighted by atomic mass is 9.47. The van der Waals surface area contributed by atoms with Gasteiger partial charge in [-0.2, -0.15) is 0 Å². The number of aromatic nitrogens is 2. The van der Waals surface area contributed by atoms with Gasteiger partial charge in [0, 0.05) is 29.2 Å². The summed E-state index contributed by atoms with van der Waals surface area (Å²) in [7, 11) is -2.40. The van der Waals surface area contributed by atoms with Crippen LogP contribution in [0.1, 0.15) is 123 Å². The van der Waals surface area contributed by atoms with Crippen LogP contribution in [0.5, 0.6) is 0 Å². The highest BCUT2D eigenvalue weighted by atomic mass is 31.1. The molecule has 47 heavy (non-hydrogen) atoms. The maximum Gasteiger partial charge on any atom is 0.697 e. The van der Waals surface area contributed by atoms with Gasteiger partial charge in [0.15, 0.2) is 0 Å². The van der Waals surface area contributed by atoms with Crippen LogP contribution in [0.4, 0.5) is 0 Å². The second-order valence-corrected chi connectivity index (χ2v) is 17.6. The predicted molar refractivity (Wildman–Crippen MR) is 182 cm³/mol. The summed E-state index contributed by atoms with van der Waals surface area (Å²) in [5.74, 6) is 4.78. The summed E-state index contributed by atoms with van der Waals surface area (Å²) in [6, 6.07) is 0. The number of nitrogens with one attached hydrogen (secondary N) is 1. The molecular weight excluding hydrogens is 615 g/mol. The highest BCUT2D eigenvalue weighted by Crippen LogP contribution is 2.67. The third-order valence-electron chi connectivity index (χ3n) is 13.5. The number of ether oxygens (including phenoxy) is 1. The van der Waals surface area contributed by atoms with Crippen LogP contribution >= 0.6 is 8.25 Å². The predicted octanol–water partition coefficient (Wildman–Crippen LogP) is 7.59. The van der Waals surface area contributed by atoms with E-state index < -0.39 is 37.9 Å². The zero-order chi connectivity index (χ0) is 33.7. The topological polar surface area (TPSA) is 120 Å². The van der Waals surface area contributed by atoms with Gasteiger partial charge in [0.05, 0.1) is 6.10 Å². The molecule has 262 valence electrons. The molecular formula is C37H58N2O7P+. The number of aliphatic hydroxyl groups is 1. The minimum Gasteiger partial charge on any atom is -0.390 e. The van der Waals surface area contributed by atoms with E-state index in [4.69, 9.17) is 13.8 Å². The fourth-order valence-corrected chi connectivity index (χ4v) is 11.6. The average Bonchev–Trinajstić information content (AvgIpc) is 3.57. The molecule has 2 heterocycles. The molecule has 0 amide bonds. The number of fused-ring (bicyclic) bond motifs is 5. The van der Waals surface area contributed by atoms with E-state index in [1.807, 2.05) is 0 Å². The monoisotopic (exact) mass is 673 g/mol. The minimum atomic E-state index is -2.40. The number of nitrogens with zero attached hydrogens (tertiary/aromatic N) is 1. The maximum absolute atomic E-state index is 12.9. The van der Waals surface area contributed by atoms with Gasteiger partial charge in [-0.15, -0.1) is 9.05 Å². The second kappa shape index (κ2) is 13.9. The number of hydrogen-bond donors (Lipinski definition) is 2. The number of aryl methyl sites for hydroxylation is 1. The van der Waals surface area contributed by atoms with Crippen molar-refractivity contribution >= 4 is 8.25 Å². The van der Waals surface area contributed by atoms with Gasteiger partial charge < -0.3 is 9.84 Å². The molecule has 1 aliphatic heterocycles. The number of aromatic amines is 1. The van der Waals surface area contributed by atoms with Crippen LogP contribution in [0.3, 0.4) is 0 Å². The lowest BCUT2D eigenvalue weighted by Crippen LogP contribution is -2.50. The van der Waals surface area contributed by atoms with E-state index in [1.165, 1.54) is 61.3 Å². The van der Waals surface area contributed by atoms with Crippen molar-refractivity contribution in [2.75, 3.05) is 6.61 Å². The first-order valence-corrected chi connectivity index (χ1v) is 19.5. The molecule has 10 heteroatoms. The molecule has 0 radical (unpaired) electrons. The molecule has 2 N–H and O–H groups in total. The summed E-state index contributed by atoms with van der Waals surface area (Å²) >= 11 is 0. The third-order valence-corrected chi connectivity index (χ3v) is 14.3. The van der Waals surface area contributed by atoms with Crippen LogP contribution in [-0.4, -0.2) is 39.6 Å². The molecule has 1 aromatic rings. The van der Waals surface area contributed by atoms with E-state index in [0.717, 1.165) is 55.3 Å². The average molecular weight is 674 g/mol. The first-order valence-electron chi connectivity index (χ1n) is 18.4. The molecule has 3 saturated carbocycles. The highest BCUT2D eigenvalue weighted by Gasteiger charge is 2.59. The van der Waals surface area contributed by atoms with Gasteiger partial charge in [-0.1, -0.05) is 65.5 Å². The number of H-pyrrole nitrogens is 1. The molecule has 1 aromatic heterocycles. The molecule has 0 aromatic carbocycles. The number of allylic oxidation sites excluding steroid dienone is 1. The Morgan fingerprint density at radius 3 is 2.66 bits per heavy atom. The Kier molecular flexibility index (Phi) is 10.4. The quantitative estimate of drug-likeness (QED) is 0.183. The summed E-state index contributed by atoms with van der Waals surface area (Å²) in [5, 5.41) is 10.6. The van der Waals surface area contributed by atoms with E-state index >= 15 is 0 Å². The smallest absolute Gasteiger partial charge is 0.390 e. The Bertz CT molecular complexity index is 1450. The van der Waals surface area contributed by atoms with Crippen molar-refractivity contribution in [2.24, 2.45) is 46.3 Å². The Morgan fingerprint density at radius 1 is 1.11 bits per heavy atom. The normalized spacial score (nSPS) is 39.2. The van der Waals surface area contributed by atoms with E-state index in [-0.39, 0.29) is 24.5 Å². The zero-order valence-corrected chi connectivity index (χ0v) is 30.3. The van der Waals surface area contributed by atoms with Crippen molar-refractivity contribution in [3.63, 3.8) is 0 Å². The fourth-order valence-electron chi connectivity index (χ4n) is 10.9. The first-order chi connectivity index (χ1) is 22.3. The molecule has 4 aliphatic carbocycles. The van der Waals surface area contributed by atoms with Crippen molar-refractivity contribution in [1.29, 1.82) is 0 Å². The second-order valence-electron chi connectivity index (χ2n) is 16.7. The van der Waals surface area contributed by atoms with Crippen molar-refractivity contribution in [1.82, 2.24) is 9.55 Å². The first kappa shape index (κ1) is 35.2. The van der Waals surface area contributed by atoms with E-state index in [0.29, 0.717) is 16.9 Å². The van der Waals surface area contributed by atoms with Crippen molar-refractivity contribution in [3.05, 3.63) is 44.2 Å². The van der Waals surface area contributed by atoms with Crippen LogP contribution in [0, 0.1) is 53.3 Å². The van der Waals surface area contributed by atoms with Crippen LogP contribution in [-0.2, 0) is 18.3 Å². The van der Waals surface area contributed by atoms with Gasteiger partial charge in [-0.25, -0.2) is 4.79 Å². The number of hydrogen-bond acceptors (Lipinski definition) is 7. The van der Waals surface area contributed by atoms with Crippen molar-refractivity contribution < 1.29 is 23.5 Å². The van der Waals surface area contributed by atoms with E-state index in [1.54, 1.807) is 6.92 Å². The zero-order valence-electron chi connectivity index (χ0n) is 29.4. The molecule has 9 nitrogen and oxygen atoms in total. The molecule has 1 saturated heterocycles. The van der Waals surface area contributed by atoms with Crippen molar-refractivity contribution in [3.8, 4) is 0 Å². The van der Waals surface area contributed by atoms with E-state index in [9.17, 15) is 19.3 Å². The van der Waals surface area contributed by atoms with Crippen LogP contribution in [0.2, 0.25) is 0 Å². The summed E-state index contributed by atoms with van der Waals surface area (Å²) in [6.07, 6.45) is 15.0. The SMILES string of the molecule is Cc1cn([C@H]2C[C@H](O)[C@@H](CO[P+](=O)O[C@H]3CC[C@@]4(C)C(=CC[C@H]5[C@@H]6CC[C@H]([C@H](C)CCCC(C)C)[C@@]6(C)CC[C@@H]54)C3)O2)c(=O)[nH]c1=O. The summed E-state index contributed by atoms with van der Waals surface area (Å²) in [5.41, 5.74) is 1.47. The Morgan fingerprint density at radius 2 is 1.89 bits per heavy atom. The molecule has 4 fully saturated rings. The van der Waals surface area contributed by atoms with Crippen LogP contribution < -0.4 is 11.2 Å². The summed E-state index contributed by atoms with van der Waals surface area (Å²) < 4.78 is 31.6. The third kappa shape index (κ3) is 6.91. The van der Waals surface area contributed by atoms with Crippen LogP contribution in [0.15, 0.2) is 27.4 Å². The van der Waals surface area contributed by atoms with Crippen molar-refractivity contribution in [2.45, 2.75) is 143 Å². The Balaban J connectivity index is 1.02. The van der Waals surface area contributed by atoms with Gasteiger partial charge in [0.2, 0.25) is 0 Å². The summed E-state index contributed by atoms with van der Waals surface area (Å²) in [4.78, 5) is 26.3. The van der Waals surface area contributed by atoms with Gasteiger partial charge in [0.1, 0.15) is 25.0 Å². The highest BCUT2D eigenvalue weighted by molar-refractivity contribution is 7.33. The molecule has 1 unspecified atom stereocenters. The van der Waals surface area contributed by atoms with Gasteiger partial charge >= 0.3 is 13.9 Å². The van der Waals surface area contributed by atoms with Gasteiger partial charge in [-0.05, 0) is 98.2 Å². The van der Waals surface area contributed by atoms with Gasteiger partial charge in [0.25, 0.3) is 5.56 Å². The lowest BCUT2D eigenvalue weighted by Gasteiger charge is -2.58. The molecule has 0 spiro atoms. The molecule has 6 rings (SSSR count). The lowest BCUT2D eigenvalue weighted by molar-refractivity contribution is -0.0575. The number of aliphatic hydroxyl groups excluding tert-OH is 1. The minimum absolute atomic E-state index is 0.113. The Hall–Kier alpha value is -1.64. The van der Waals surface area contributed by atoms with E-state index in [2.05, 4.69) is 45.7 Å². The molecule has 0 bridgehead atoms. The van der Waals surface area contributed by atoms with Gasteiger partial charge in [-0.3, -0.25) is 14.3 Å².